The molecule has 0 saturated carbocycles. The molecule has 2 N–H and O–H groups in total. The predicted molar refractivity (Wildman–Crippen MR) is 64.9 cm³/mol. The number of hydrogen-bond donors (Lipinski definition) is 1. The number of rotatable bonds is 1. The fraction of sp³-hybridized carbons (Fsp3) is 0.583. The lowest BCUT2D eigenvalue weighted by molar-refractivity contribution is -0.137. The van der Waals surface area contributed by atoms with Crippen molar-refractivity contribution in [1.29, 1.82) is 0 Å². The molecule has 5 nitrogen and oxygen atoms in total. The minimum Gasteiger partial charge on any atom is -0.397 e. The van der Waals surface area contributed by atoms with Crippen LogP contribution in [0.15, 0.2) is 12.3 Å². The third kappa shape index (κ3) is 1.85. The molecule has 3 heterocycles. The number of aryl methyl sites for hydroxylation is 1. The molecule has 0 unspecified atom stereocenters. The van der Waals surface area contributed by atoms with E-state index in [4.69, 9.17) is 15.2 Å². The molecule has 0 radical (unpaired) electrons. The van der Waals surface area contributed by atoms with Gasteiger partial charge in [-0.3, -0.25) is 0 Å². The van der Waals surface area contributed by atoms with Gasteiger partial charge in [-0.15, -0.1) is 0 Å². The maximum absolute atomic E-state index is 5.71. The summed E-state index contributed by atoms with van der Waals surface area (Å²) in [6, 6.07) is 1.95. The van der Waals surface area contributed by atoms with Gasteiger partial charge in [-0.1, -0.05) is 0 Å². The van der Waals surface area contributed by atoms with Crippen LogP contribution < -0.4 is 10.6 Å². The topological polar surface area (TPSA) is 60.6 Å². The van der Waals surface area contributed by atoms with Crippen LogP contribution in [-0.2, 0) is 9.47 Å². The number of nitrogens with two attached hydrogens (primary N) is 1. The molecular weight excluding hydrogens is 218 g/mol. The fourth-order valence-corrected chi connectivity index (χ4v) is 2.59. The summed E-state index contributed by atoms with van der Waals surface area (Å²) < 4.78 is 11.4. The molecule has 0 aliphatic carbocycles. The SMILES string of the molecule is Cc1cc(N)cnc1N1CCC2(C1)OCCO2. The van der Waals surface area contributed by atoms with Crippen molar-refractivity contribution in [2.45, 2.75) is 19.1 Å². The zero-order chi connectivity index (χ0) is 11.9. The number of ether oxygens (including phenoxy) is 2. The quantitative estimate of drug-likeness (QED) is 0.784. The summed E-state index contributed by atoms with van der Waals surface area (Å²) >= 11 is 0. The molecule has 0 atom stereocenters. The Kier molecular flexibility index (Phi) is 2.45. The Balaban J connectivity index is 1.82. The van der Waals surface area contributed by atoms with Crippen molar-refractivity contribution in [2.24, 2.45) is 0 Å². The second kappa shape index (κ2) is 3.85. The number of nitrogens with zero attached hydrogens (tertiary/aromatic N) is 2. The molecule has 0 bridgehead atoms. The molecule has 2 aliphatic heterocycles. The summed E-state index contributed by atoms with van der Waals surface area (Å²) in [7, 11) is 0. The van der Waals surface area contributed by atoms with Crippen molar-refractivity contribution in [1.82, 2.24) is 4.98 Å². The largest absolute Gasteiger partial charge is 0.397 e. The van der Waals surface area contributed by atoms with Gasteiger partial charge in [0.25, 0.3) is 0 Å². The Hall–Kier alpha value is -1.33. The number of hydrogen-bond acceptors (Lipinski definition) is 5. The van der Waals surface area contributed by atoms with Crippen molar-refractivity contribution in [3.8, 4) is 0 Å². The summed E-state index contributed by atoms with van der Waals surface area (Å²) in [5.41, 5.74) is 7.51. The van der Waals surface area contributed by atoms with Gasteiger partial charge < -0.3 is 20.1 Å². The van der Waals surface area contributed by atoms with E-state index >= 15 is 0 Å². The zero-order valence-corrected chi connectivity index (χ0v) is 9.98. The zero-order valence-electron chi connectivity index (χ0n) is 9.98. The van der Waals surface area contributed by atoms with Gasteiger partial charge in [0, 0.05) is 13.0 Å². The van der Waals surface area contributed by atoms with Crippen LogP contribution >= 0.6 is 0 Å². The molecule has 2 saturated heterocycles. The maximum atomic E-state index is 5.71. The van der Waals surface area contributed by atoms with E-state index in [1.807, 2.05) is 13.0 Å². The normalized spacial score (nSPS) is 22.5. The van der Waals surface area contributed by atoms with Gasteiger partial charge in [0.1, 0.15) is 5.82 Å². The average molecular weight is 235 g/mol. The molecule has 5 heteroatoms. The van der Waals surface area contributed by atoms with Crippen molar-refractivity contribution >= 4 is 11.5 Å². The first kappa shape index (κ1) is 10.8. The van der Waals surface area contributed by atoms with Crippen LogP contribution in [0.1, 0.15) is 12.0 Å². The van der Waals surface area contributed by atoms with Crippen LogP contribution in [0.2, 0.25) is 0 Å². The van der Waals surface area contributed by atoms with Crippen LogP contribution in [0.3, 0.4) is 0 Å². The Morgan fingerprint density at radius 3 is 2.88 bits per heavy atom. The molecule has 17 heavy (non-hydrogen) atoms. The first-order valence-electron chi connectivity index (χ1n) is 5.94. The summed E-state index contributed by atoms with van der Waals surface area (Å²) in [6.45, 7) is 5.09. The number of aromatic nitrogens is 1. The molecule has 1 aromatic rings. The third-order valence-electron chi connectivity index (χ3n) is 3.38. The van der Waals surface area contributed by atoms with Crippen LogP contribution in [0, 0.1) is 6.92 Å². The smallest absolute Gasteiger partial charge is 0.187 e. The van der Waals surface area contributed by atoms with E-state index in [1.54, 1.807) is 6.20 Å². The van der Waals surface area contributed by atoms with Crippen LogP contribution in [-0.4, -0.2) is 37.1 Å². The van der Waals surface area contributed by atoms with Gasteiger partial charge in [-0.25, -0.2) is 4.98 Å². The van der Waals surface area contributed by atoms with Gasteiger partial charge >= 0.3 is 0 Å². The second-order valence-electron chi connectivity index (χ2n) is 4.69. The highest BCUT2D eigenvalue weighted by molar-refractivity contribution is 5.53. The molecule has 1 spiro atoms. The van der Waals surface area contributed by atoms with E-state index in [0.717, 1.165) is 30.9 Å². The lowest BCUT2D eigenvalue weighted by Crippen LogP contribution is -2.34. The van der Waals surface area contributed by atoms with Gasteiger partial charge in [-0.05, 0) is 18.6 Å². The third-order valence-corrected chi connectivity index (χ3v) is 3.38. The lowest BCUT2D eigenvalue weighted by atomic mass is 10.2. The Bertz CT molecular complexity index is 430. The summed E-state index contributed by atoms with van der Waals surface area (Å²) in [6.07, 6.45) is 2.60. The monoisotopic (exact) mass is 235 g/mol. The van der Waals surface area contributed by atoms with Gasteiger partial charge in [-0.2, -0.15) is 0 Å². The highest BCUT2D eigenvalue weighted by Crippen LogP contribution is 2.33. The second-order valence-corrected chi connectivity index (χ2v) is 4.69. The summed E-state index contributed by atoms with van der Waals surface area (Å²) in [5.74, 6) is 0.588. The van der Waals surface area contributed by atoms with E-state index in [1.165, 1.54) is 0 Å². The molecule has 2 fully saturated rings. The van der Waals surface area contributed by atoms with Gasteiger partial charge in [0.05, 0.1) is 31.6 Å². The molecule has 3 rings (SSSR count). The van der Waals surface area contributed by atoms with Gasteiger partial charge in [0.2, 0.25) is 0 Å². The molecular formula is C12H17N3O2. The van der Waals surface area contributed by atoms with E-state index < -0.39 is 5.79 Å². The summed E-state index contributed by atoms with van der Waals surface area (Å²) in [4.78, 5) is 6.61. The minimum absolute atomic E-state index is 0.393. The number of nitrogen functional groups attached to an aromatic ring is 1. The highest BCUT2D eigenvalue weighted by atomic mass is 16.7. The van der Waals surface area contributed by atoms with Crippen molar-refractivity contribution in [2.75, 3.05) is 36.9 Å². The van der Waals surface area contributed by atoms with E-state index in [0.29, 0.717) is 18.9 Å². The van der Waals surface area contributed by atoms with Gasteiger partial charge in [0.15, 0.2) is 5.79 Å². The van der Waals surface area contributed by atoms with Crippen LogP contribution in [0.25, 0.3) is 0 Å². The molecule has 92 valence electrons. The molecule has 1 aromatic heterocycles. The Morgan fingerprint density at radius 2 is 2.18 bits per heavy atom. The van der Waals surface area contributed by atoms with E-state index in [-0.39, 0.29) is 0 Å². The fourth-order valence-electron chi connectivity index (χ4n) is 2.59. The number of anilines is 2. The standard InChI is InChI=1S/C12H17N3O2/c1-9-6-10(13)7-14-11(9)15-3-2-12(8-15)16-4-5-17-12/h6-7H,2-5,8,13H2,1H3. The van der Waals surface area contributed by atoms with E-state index in [9.17, 15) is 0 Å². The van der Waals surface area contributed by atoms with Crippen molar-refractivity contribution in [3.63, 3.8) is 0 Å². The average Bonchev–Trinajstić information content (AvgIpc) is 2.90. The predicted octanol–water partition coefficient (Wildman–Crippen LogP) is 0.925. The Morgan fingerprint density at radius 1 is 1.41 bits per heavy atom. The van der Waals surface area contributed by atoms with Crippen LogP contribution in [0.5, 0.6) is 0 Å². The highest BCUT2D eigenvalue weighted by Gasteiger charge is 2.43. The Labute approximate surface area is 101 Å². The number of pyridine rings is 1. The summed E-state index contributed by atoms with van der Waals surface area (Å²) in [5, 5.41) is 0. The minimum atomic E-state index is -0.393. The van der Waals surface area contributed by atoms with Crippen molar-refractivity contribution < 1.29 is 9.47 Å². The molecule has 2 aliphatic rings. The first-order chi connectivity index (χ1) is 8.19. The maximum Gasteiger partial charge on any atom is 0.187 e. The van der Waals surface area contributed by atoms with E-state index in [2.05, 4.69) is 9.88 Å². The molecule has 0 amide bonds. The van der Waals surface area contributed by atoms with Crippen molar-refractivity contribution in [3.05, 3.63) is 17.8 Å². The van der Waals surface area contributed by atoms with Crippen LogP contribution in [0.4, 0.5) is 11.5 Å². The first-order valence-corrected chi connectivity index (χ1v) is 5.94. The molecule has 0 aromatic carbocycles. The lowest BCUT2D eigenvalue weighted by Gasteiger charge is -2.23.